The van der Waals surface area contributed by atoms with E-state index in [1.54, 1.807) is 19.1 Å². The molecule has 0 aromatic heterocycles. The standard InChI is InChI=1S/C14H17ClFNO/c1-9-5-6-10(7-13(9)16)14(18)17-8-11-3-2-4-12(11)15/h5-7,11-12H,2-4,8H2,1H3,(H,17,18). The van der Waals surface area contributed by atoms with Crippen LogP contribution in [0.15, 0.2) is 18.2 Å². The number of alkyl halides is 1. The van der Waals surface area contributed by atoms with Crippen LogP contribution in [0.25, 0.3) is 0 Å². The molecule has 2 atom stereocenters. The Hall–Kier alpha value is -1.09. The number of carbonyl (C=O) groups excluding carboxylic acids is 1. The highest BCUT2D eigenvalue weighted by atomic mass is 35.5. The number of halogens is 2. The molecule has 1 saturated carbocycles. The maximum Gasteiger partial charge on any atom is 0.251 e. The molecule has 1 fully saturated rings. The van der Waals surface area contributed by atoms with Gasteiger partial charge in [-0.05, 0) is 43.4 Å². The van der Waals surface area contributed by atoms with E-state index in [-0.39, 0.29) is 17.1 Å². The SMILES string of the molecule is Cc1ccc(C(=O)NCC2CCCC2Cl)cc1F. The van der Waals surface area contributed by atoms with Gasteiger partial charge in [0.25, 0.3) is 5.91 Å². The van der Waals surface area contributed by atoms with Crippen LogP contribution in [0.4, 0.5) is 4.39 Å². The maximum absolute atomic E-state index is 13.3. The molecule has 1 aromatic carbocycles. The molecule has 0 saturated heterocycles. The van der Waals surface area contributed by atoms with Gasteiger partial charge in [-0.25, -0.2) is 4.39 Å². The Morgan fingerprint density at radius 2 is 2.28 bits per heavy atom. The molecule has 4 heteroatoms. The molecule has 0 spiro atoms. The van der Waals surface area contributed by atoms with Crippen LogP contribution in [0.2, 0.25) is 0 Å². The first kappa shape index (κ1) is 13.3. The van der Waals surface area contributed by atoms with Gasteiger partial charge in [0, 0.05) is 17.5 Å². The van der Waals surface area contributed by atoms with Crippen molar-refractivity contribution < 1.29 is 9.18 Å². The van der Waals surface area contributed by atoms with E-state index in [1.807, 2.05) is 0 Å². The minimum Gasteiger partial charge on any atom is -0.352 e. The average molecular weight is 270 g/mol. The van der Waals surface area contributed by atoms with Crippen molar-refractivity contribution in [2.75, 3.05) is 6.54 Å². The maximum atomic E-state index is 13.3. The molecule has 2 rings (SSSR count). The van der Waals surface area contributed by atoms with Crippen LogP contribution in [-0.2, 0) is 0 Å². The third-order valence-electron chi connectivity index (χ3n) is 3.53. The Balaban J connectivity index is 1.93. The summed E-state index contributed by atoms with van der Waals surface area (Å²) in [5.41, 5.74) is 0.908. The lowest BCUT2D eigenvalue weighted by molar-refractivity contribution is 0.0947. The van der Waals surface area contributed by atoms with Crippen LogP contribution >= 0.6 is 11.6 Å². The number of rotatable bonds is 3. The molecule has 2 nitrogen and oxygen atoms in total. The highest BCUT2D eigenvalue weighted by Crippen LogP contribution is 2.29. The van der Waals surface area contributed by atoms with E-state index in [1.165, 1.54) is 6.07 Å². The van der Waals surface area contributed by atoms with E-state index in [9.17, 15) is 9.18 Å². The monoisotopic (exact) mass is 269 g/mol. The number of hydrogen-bond acceptors (Lipinski definition) is 1. The first-order valence-electron chi connectivity index (χ1n) is 6.26. The lowest BCUT2D eigenvalue weighted by atomic mass is 10.1. The molecule has 1 amide bonds. The lowest BCUT2D eigenvalue weighted by Crippen LogP contribution is -2.31. The molecular formula is C14H17ClFNO. The minimum atomic E-state index is -0.348. The van der Waals surface area contributed by atoms with Crippen molar-refractivity contribution in [2.45, 2.75) is 31.6 Å². The van der Waals surface area contributed by atoms with Gasteiger partial charge in [0.1, 0.15) is 5.82 Å². The van der Waals surface area contributed by atoms with Crippen molar-refractivity contribution >= 4 is 17.5 Å². The Kier molecular flexibility index (Phi) is 4.23. The van der Waals surface area contributed by atoms with Gasteiger partial charge in [0.15, 0.2) is 0 Å². The summed E-state index contributed by atoms with van der Waals surface area (Å²) in [4.78, 5) is 11.9. The van der Waals surface area contributed by atoms with E-state index in [4.69, 9.17) is 11.6 Å². The minimum absolute atomic E-state index is 0.153. The molecule has 0 heterocycles. The van der Waals surface area contributed by atoms with Gasteiger partial charge in [0.05, 0.1) is 0 Å². The van der Waals surface area contributed by atoms with E-state index in [2.05, 4.69) is 5.32 Å². The number of amides is 1. The molecule has 0 radical (unpaired) electrons. The van der Waals surface area contributed by atoms with Crippen molar-refractivity contribution in [1.82, 2.24) is 5.32 Å². The zero-order valence-corrected chi connectivity index (χ0v) is 11.1. The smallest absolute Gasteiger partial charge is 0.251 e. The molecule has 2 unspecified atom stereocenters. The van der Waals surface area contributed by atoms with Crippen LogP contribution in [0, 0.1) is 18.7 Å². The number of nitrogens with one attached hydrogen (secondary N) is 1. The Labute approximate surface area is 112 Å². The summed E-state index contributed by atoms with van der Waals surface area (Å²) in [6.07, 6.45) is 3.19. The van der Waals surface area contributed by atoms with Gasteiger partial charge in [-0.15, -0.1) is 11.6 Å². The van der Waals surface area contributed by atoms with Crippen molar-refractivity contribution in [2.24, 2.45) is 5.92 Å². The van der Waals surface area contributed by atoms with Crippen LogP contribution in [0.3, 0.4) is 0 Å². The summed E-state index contributed by atoms with van der Waals surface area (Å²) in [5, 5.41) is 2.98. The van der Waals surface area contributed by atoms with E-state index in [0.29, 0.717) is 23.6 Å². The lowest BCUT2D eigenvalue weighted by Gasteiger charge is -2.14. The third-order valence-corrected chi connectivity index (χ3v) is 4.10. The third kappa shape index (κ3) is 3.02. The van der Waals surface area contributed by atoms with Crippen LogP contribution < -0.4 is 5.32 Å². The first-order chi connectivity index (χ1) is 8.58. The summed E-state index contributed by atoms with van der Waals surface area (Å²) < 4.78 is 13.3. The van der Waals surface area contributed by atoms with Gasteiger partial charge in [-0.3, -0.25) is 4.79 Å². The number of carbonyl (C=O) groups is 1. The highest BCUT2D eigenvalue weighted by Gasteiger charge is 2.25. The fourth-order valence-corrected chi connectivity index (χ4v) is 2.65. The summed E-state index contributed by atoms with van der Waals surface area (Å²) in [7, 11) is 0. The second-order valence-electron chi connectivity index (χ2n) is 4.88. The summed E-state index contributed by atoms with van der Waals surface area (Å²) in [6, 6.07) is 4.53. The van der Waals surface area contributed by atoms with Crippen LogP contribution in [-0.4, -0.2) is 17.8 Å². The largest absolute Gasteiger partial charge is 0.352 e. The summed E-state index contributed by atoms with van der Waals surface area (Å²) in [5.74, 6) is -0.241. The fraction of sp³-hybridized carbons (Fsp3) is 0.500. The predicted molar refractivity (Wildman–Crippen MR) is 70.5 cm³/mol. The Morgan fingerprint density at radius 1 is 1.50 bits per heavy atom. The Bertz CT molecular complexity index is 449. The van der Waals surface area contributed by atoms with Crippen molar-refractivity contribution in [3.05, 3.63) is 35.1 Å². The van der Waals surface area contributed by atoms with Gasteiger partial charge in [-0.2, -0.15) is 0 Å². The quantitative estimate of drug-likeness (QED) is 0.839. The fourth-order valence-electron chi connectivity index (χ4n) is 2.28. The van der Waals surface area contributed by atoms with Crippen molar-refractivity contribution in [3.8, 4) is 0 Å². The summed E-state index contributed by atoms with van der Waals surface area (Å²) >= 11 is 6.14. The topological polar surface area (TPSA) is 29.1 Å². The first-order valence-corrected chi connectivity index (χ1v) is 6.70. The highest BCUT2D eigenvalue weighted by molar-refractivity contribution is 6.21. The van der Waals surface area contributed by atoms with E-state index >= 15 is 0 Å². The molecule has 1 N–H and O–H groups in total. The molecule has 1 aliphatic rings. The van der Waals surface area contributed by atoms with Crippen molar-refractivity contribution in [3.63, 3.8) is 0 Å². The molecule has 18 heavy (non-hydrogen) atoms. The summed E-state index contributed by atoms with van der Waals surface area (Å²) in [6.45, 7) is 2.25. The second kappa shape index (κ2) is 5.70. The number of benzene rings is 1. The normalized spacial score (nSPS) is 23.1. The predicted octanol–water partition coefficient (Wildman–Crippen LogP) is 3.27. The van der Waals surface area contributed by atoms with Gasteiger partial charge in [-0.1, -0.05) is 12.5 Å². The zero-order chi connectivity index (χ0) is 13.1. The number of hydrogen-bond donors (Lipinski definition) is 1. The Morgan fingerprint density at radius 3 is 2.89 bits per heavy atom. The molecule has 98 valence electrons. The van der Waals surface area contributed by atoms with E-state index < -0.39 is 0 Å². The molecule has 1 aromatic rings. The van der Waals surface area contributed by atoms with Gasteiger partial charge < -0.3 is 5.32 Å². The van der Waals surface area contributed by atoms with Crippen molar-refractivity contribution in [1.29, 1.82) is 0 Å². The molecular weight excluding hydrogens is 253 g/mol. The van der Waals surface area contributed by atoms with Gasteiger partial charge in [0.2, 0.25) is 0 Å². The van der Waals surface area contributed by atoms with Crippen LogP contribution in [0.1, 0.15) is 35.2 Å². The zero-order valence-electron chi connectivity index (χ0n) is 10.4. The second-order valence-corrected chi connectivity index (χ2v) is 5.44. The molecule has 1 aliphatic carbocycles. The molecule has 0 aliphatic heterocycles. The van der Waals surface area contributed by atoms with Crippen LogP contribution in [0.5, 0.6) is 0 Å². The molecule has 0 bridgehead atoms. The van der Waals surface area contributed by atoms with Gasteiger partial charge >= 0.3 is 0 Å². The number of aryl methyl sites for hydroxylation is 1. The van der Waals surface area contributed by atoms with E-state index in [0.717, 1.165) is 19.3 Å². The average Bonchev–Trinajstić information content (AvgIpc) is 2.75.